The van der Waals surface area contributed by atoms with Crippen LogP contribution in [0.2, 0.25) is 0 Å². The van der Waals surface area contributed by atoms with Gasteiger partial charge in [0.05, 0.1) is 22.6 Å². The summed E-state index contributed by atoms with van der Waals surface area (Å²) in [5.74, 6) is -1.35. The number of benzene rings is 3. The number of carbonyl (C=O) groups is 2. The Kier molecular flexibility index (Phi) is 8.12. The minimum atomic E-state index is -0.716. The van der Waals surface area contributed by atoms with Crippen LogP contribution in [-0.4, -0.2) is 33.6 Å². The Morgan fingerprint density at radius 1 is 0.647 bits per heavy atom. The standard InChI is InChI=1S/C26H24N2O6/c1-3-21(19-9-5-7-11-23(19)29)27-33-25(31)17-13-15-18(16-14-17)26(32)34-28-22(4-2)20-10-6-8-12-24(20)30/h5-16,29-30H,3-4H2,1-2H3/b27-21+,28-22+. The third kappa shape index (κ3) is 5.86. The number of hydrogen-bond donors (Lipinski definition) is 2. The first-order valence-electron chi connectivity index (χ1n) is 10.7. The van der Waals surface area contributed by atoms with Crippen molar-refractivity contribution in [3.8, 4) is 11.5 Å². The number of hydrogen-bond acceptors (Lipinski definition) is 8. The van der Waals surface area contributed by atoms with E-state index in [-0.39, 0.29) is 22.6 Å². The number of aromatic hydroxyl groups is 2. The third-order valence-electron chi connectivity index (χ3n) is 4.93. The minimum absolute atomic E-state index is 0.0402. The number of rotatable bonds is 8. The topological polar surface area (TPSA) is 118 Å². The summed E-state index contributed by atoms with van der Waals surface area (Å²) in [4.78, 5) is 34.7. The SMILES string of the molecule is CC/C(=N\OC(=O)c1ccc(C(=O)O/N=C(\CC)c2ccccc2O)cc1)c1ccccc1O. The van der Waals surface area contributed by atoms with E-state index in [2.05, 4.69) is 10.3 Å². The van der Waals surface area contributed by atoms with Gasteiger partial charge in [0.2, 0.25) is 0 Å². The molecular formula is C26H24N2O6. The van der Waals surface area contributed by atoms with Gasteiger partial charge in [0.15, 0.2) is 0 Å². The van der Waals surface area contributed by atoms with Crippen molar-refractivity contribution in [3.63, 3.8) is 0 Å². The Bertz CT molecular complexity index is 1140. The van der Waals surface area contributed by atoms with Crippen molar-refractivity contribution in [2.45, 2.75) is 26.7 Å². The van der Waals surface area contributed by atoms with Crippen LogP contribution < -0.4 is 0 Å². The van der Waals surface area contributed by atoms with E-state index in [0.717, 1.165) is 0 Å². The van der Waals surface area contributed by atoms with E-state index < -0.39 is 11.9 Å². The zero-order valence-corrected chi connectivity index (χ0v) is 18.8. The van der Waals surface area contributed by atoms with E-state index in [1.54, 1.807) is 36.4 Å². The molecule has 174 valence electrons. The Balaban J connectivity index is 1.67. The van der Waals surface area contributed by atoms with E-state index in [1.165, 1.54) is 36.4 Å². The van der Waals surface area contributed by atoms with Gasteiger partial charge in [0.25, 0.3) is 0 Å². The van der Waals surface area contributed by atoms with Gasteiger partial charge in [-0.25, -0.2) is 9.59 Å². The van der Waals surface area contributed by atoms with E-state index >= 15 is 0 Å². The second-order valence-electron chi connectivity index (χ2n) is 7.15. The molecule has 8 nitrogen and oxygen atoms in total. The van der Waals surface area contributed by atoms with Gasteiger partial charge in [-0.1, -0.05) is 48.4 Å². The van der Waals surface area contributed by atoms with Crippen LogP contribution in [0.4, 0.5) is 0 Å². The Hall–Kier alpha value is -4.46. The molecule has 0 saturated heterocycles. The summed E-state index contributed by atoms with van der Waals surface area (Å²) in [5, 5.41) is 27.7. The summed E-state index contributed by atoms with van der Waals surface area (Å²) >= 11 is 0. The fraction of sp³-hybridized carbons (Fsp3) is 0.154. The van der Waals surface area contributed by atoms with E-state index in [4.69, 9.17) is 9.68 Å². The van der Waals surface area contributed by atoms with Crippen LogP contribution in [0.1, 0.15) is 58.5 Å². The molecule has 3 rings (SSSR count). The largest absolute Gasteiger partial charge is 0.507 e. The van der Waals surface area contributed by atoms with Crippen LogP contribution in [0.15, 0.2) is 83.1 Å². The molecule has 8 heteroatoms. The predicted octanol–water partition coefficient (Wildman–Crippen LogP) is 5.04. The normalized spacial score (nSPS) is 11.7. The minimum Gasteiger partial charge on any atom is -0.507 e. The van der Waals surface area contributed by atoms with Crippen LogP contribution in [0.5, 0.6) is 11.5 Å². The summed E-state index contributed by atoms with van der Waals surface area (Å²) in [6.45, 7) is 3.65. The average molecular weight is 460 g/mol. The summed E-state index contributed by atoms with van der Waals surface area (Å²) in [6, 6.07) is 18.9. The molecule has 3 aromatic rings. The molecule has 0 aliphatic heterocycles. The van der Waals surface area contributed by atoms with Crippen LogP contribution in [-0.2, 0) is 9.68 Å². The second kappa shape index (κ2) is 11.4. The van der Waals surface area contributed by atoms with E-state index in [1.807, 2.05) is 13.8 Å². The van der Waals surface area contributed by atoms with Gasteiger partial charge in [-0.05, 0) is 61.4 Å². The van der Waals surface area contributed by atoms with E-state index in [0.29, 0.717) is 35.4 Å². The molecule has 0 heterocycles. The monoisotopic (exact) mass is 460 g/mol. The zero-order valence-electron chi connectivity index (χ0n) is 18.8. The number of phenols is 2. The quantitative estimate of drug-likeness (QED) is 0.276. The highest BCUT2D eigenvalue weighted by atomic mass is 16.7. The number of carbonyl (C=O) groups excluding carboxylic acids is 2. The van der Waals surface area contributed by atoms with Gasteiger partial charge < -0.3 is 19.9 Å². The maximum atomic E-state index is 12.4. The number of phenolic OH excluding ortho intramolecular Hbond substituents is 2. The smallest absolute Gasteiger partial charge is 0.365 e. The van der Waals surface area contributed by atoms with Crippen molar-refractivity contribution < 1.29 is 29.5 Å². The number of nitrogens with zero attached hydrogens (tertiary/aromatic N) is 2. The molecular weight excluding hydrogens is 436 g/mol. The first-order chi connectivity index (χ1) is 16.4. The van der Waals surface area contributed by atoms with Crippen LogP contribution in [0.25, 0.3) is 0 Å². The Morgan fingerprint density at radius 2 is 1.00 bits per heavy atom. The molecule has 0 bridgehead atoms. The molecule has 3 aromatic carbocycles. The van der Waals surface area contributed by atoms with Gasteiger partial charge >= 0.3 is 11.9 Å². The highest BCUT2D eigenvalue weighted by Gasteiger charge is 2.14. The lowest BCUT2D eigenvalue weighted by Crippen LogP contribution is -2.08. The van der Waals surface area contributed by atoms with Gasteiger partial charge in [0, 0.05) is 11.1 Å². The van der Waals surface area contributed by atoms with Gasteiger partial charge in [-0.15, -0.1) is 0 Å². The van der Waals surface area contributed by atoms with Gasteiger partial charge in [-0.3, -0.25) is 0 Å². The molecule has 0 aliphatic rings. The maximum Gasteiger partial charge on any atom is 0.365 e. The summed E-state index contributed by atoms with van der Waals surface area (Å²) in [7, 11) is 0. The van der Waals surface area contributed by atoms with Crippen molar-refractivity contribution in [1.29, 1.82) is 0 Å². The fourth-order valence-corrected chi connectivity index (χ4v) is 3.08. The highest BCUT2D eigenvalue weighted by molar-refractivity contribution is 6.03. The number of oxime groups is 2. The van der Waals surface area contributed by atoms with Crippen LogP contribution >= 0.6 is 0 Å². The summed E-state index contributed by atoms with van der Waals surface area (Å²) < 4.78 is 0. The van der Waals surface area contributed by atoms with Crippen LogP contribution in [0.3, 0.4) is 0 Å². The van der Waals surface area contributed by atoms with Crippen molar-refractivity contribution in [2.24, 2.45) is 10.3 Å². The van der Waals surface area contributed by atoms with Crippen molar-refractivity contribution >= 4 is 23.4 Å². The first-order valence-corrected chi connectivity index (χ1v) is 10.7. The zero-order chi connectivity index (χ0) is 24.5. The molecule has 0 amide bonds. The molecule has 0 fully saturated rings. The fourth-order valence-electron chi connectivity index (χ4n) is 3.08. The summed E-state index contributed by atoms with van der Waals surface area (Å²) in [6.07, 6.45) is 0.882. The molecule has 34 heavy (non-hydrogen) atoms. The molecule has 0 aliphatic carbocycles. The molecule has 0 saturated carbocycles. The van der Waals surface area contributed by atoms with Gasteiger partial charge in [-0.2, -0.15) is 0 Å². The van der Waals surface area contributed by atoms with Crippen molar-refractivity contribution in [3.05, 3.63) is 95.1 Å². The molecule has 0 unspecified atom stereocenters. The predicted molar refractivity (Wildman–Crippen MR) is 127 cm³/mol. The van der Waals surface area contributed by atoms with Gasteiger partial charge in [0.1, 0.15) is 11.5 Å². The van der Waals surface area contributed by atoms with Crippen molar-refractivity contribution in [1.82, 2.24) is 0 Å². The van der Waals surface area contributed by atoms with E-state index in [9.17, 15) is 19.8 Å². The lowest BCUT2D eigenvalue weighted by molar-refractivity contribution is 0.0502. The summed E-state index contributed by atoms with van der Waals surface area (Å²) in [5.41, 5.74) is 2.15. The molecule has 2 N–H and O–H groups in total. The lowest BCUT2D eigenvalue weighted by Gasteiger charge is -2.07. The van der Waals surface area contributed by atoms with Crippen LogP contribution in [0, 0.1) is 0 Å². The molecule has 0 radical (unpaired) electrons. The average Bonchev–Trinajstić information content (AvgIpc) is 2.86. The first kappa shape index (κ1) is 24.2. The molecule has 0 aromatic heterocycles. The second-order valence-corrected chi connectivity index (χ2v) is 7.15. The third-order valence-corrected chi connectivity index (χ3v) is 4.93. The lowest BCUT2D eigenvalue weighted by atomic mass is 10.1. The van der Waals surface area contributed by atoms with Crippen molar-refractivity contribution in [2.75, 3.05) is 0 Å². The highest BCUT2D eigenvalue weighted by Crippen LogP contribution is 2.20. The Morgan fingerprint density at radius 3 is 1.32 bits per heavy atom. The number of para-hydroxylation sites is 2. The maximum absolute atomic E-state index is 12.4. The molecule has 0 spiro atoms. The molecule has 0 atom stereocenters. The Labute approximate surface area is 196 Å².